The van der Waals surface area contributed by atoms with Crippen LogP contribution in [0.5, 0.6) is 0 Å². The van der Waals surface area contributed by atoms with Crippen molar-refractivity contribution in [3.05, 3.63) is 12.3 Å². The van der Waals surface area contributed by atoms with Crippen molar-refractivity contribution in [1.82, 2.24) is 9.97 Å². The van der Waals surface area contributed by atoms with Crippen LogP contribution in [0.25, 0.3) is 0 Å². The lowest BCUT2D eigenvalue weighted by Gasteiger charge is -2.15. The van der Waals surface area contributed by atoms with E-state index in [1.807, 2.05) is 11.9 Å². The monoisotopic (exact) mass is 182 g/mol. The molecule has 1 rings (SSSR count). The molecule has 5 nitrogen and oxygen atoms in total. The predicted octanol–water partition coefficient (Wildman–Crippen LogP) is 0.141. The van der Waals surface area contributed by atoms with Crippen LogP contribution in [0.15, 0.2) is 12.3 Å². The second-order valence-corrected chi connectivity index (χ2v) is 2.70. The van der Waals surface area contributed by atoms with Gasteiger partial charge in [0.1, 0.15) is 5.82 Å². The number of rotatable bonds is 4. The molecule has 1 heterocycles. The van der Waals surface area contributed by atoms with Gasteiger partial charge in [-0.1, -0.05) is 0 Å². The highest BCUT2D eigenvalue weighted by Gasteiger charge is 2.02. The number of nitrogens with two attached hydrogens (primary N) is 1. The quantitative estimate of drug-likeness (QED) is 0.717. The number of ether oxygens (including phenoxy) is 1. The van der Waals surface area contributed by atoms with Crippen molar-refractivity contribution < 1.29 is 4.74 Å². The van der Waals surface area contributed by atoms with Crippen LogP contribution < -0.4 is 10.6 Å². The second-order valence-electron chi connectivity index (χ2n) is 2.70. The standard InChI is InChI=1S/C8H14N4O/c1-12(5-6-13-2)8-10-4-3-7(9)11-8/h3-4H,5-6H2,1-2H3,(H2,9,10,11). The maximum Gasteiger partial charge on any atom is 0.227 e. The summed E-state index contributed by atoms with van der Waals surface area (Å²) in [4.78, 5) is 10.0. The molecule has 1 aromatic heterocycles. The van der Waals surface area contributed by atoms with E-state index in [0.29, 0.717) is 18.4 Å². The van der Waals surface area contributed by atoms with Crippen molar-refractivity contribution in [3.63, 3.8) is 0 Å². The Hall–Kier alpha value is -1.36. The number of hydrogen-bond acceptors (Lipinski definition) is 5. The minimum absolute atomic E-state index is 0.481. The van der Waals surface area contributed by atoms with Gasteiger partial charge in [-0.3, -0.25) is 0 Å². The number of hydrogen-bond donors (Lipinski definition) is 1. The van der Waals surface area contributed by atoms with E-state index in [0.717, 1.165) is 6.54 Å². The van der Waals surface area contributed by atoms with E-state index in [2.05, 4.69) is 9.97 Å². The molecular formula is C8H14N4O. The molecule has 0 unspecified atom stereocenters. The van der Waals surface area contributed by atoms with Gasteiger partial charge < -0.3 is 15.4 Å². The summed E-state index contributed by atoms with van der Waals surface area (Å²) in [6, 6.07) is 1.66. The smallest absolute Gasteiger partial charge is 0.227 e. The first-order valence-corrected chi connectivity index (χ1v) is 4.02. The fourth-order valence-electron chi connectivity index (χ4n) is 0.874. The molecule has 13 heavy (non-hydrogen) atoms. The van der Waals surface area contributed by atoms with Gasteiger partial charge in [-0.2, -0.15) is 4.98 Å². The molecule has 0 bridgehead atoms. The van der Waals surface area contributed by atoms with Gasteiger partial charge in [0.25, 0.3) is 0 Å². The molecule has 0 spiro atoms. The Labute approximate surface area is 77.5 Å². The van der Waals surface area contributed by atoms with Gasteiger partial charge in [-0.25, -0.2) is 4.98 Å². The number of anilines is 2. The van der Waals surface area contributed by atoms with Crippen molar-refractivity contribution >= 4 is 11.8 Å². The zero-order valence-electron chi connectivity index (χ0n) is 7.90. The Morgan fingerprint density at radius 2 is 2.38 bits per heavy atom. The van der Waals surface area contributed by atoms with Crippen LogP contribution in [-0.4, -0.2) is 37.3 Å². The summed E-state index contributed by atoms with van der Waals surface area (Å²) in [6.45, 7) is 1.40. The van der Waals surface area contributed by atoms with E-state index in [9.17, 15) is 0 Å². The van der Waals surface area contributed by atoms with E-state index in [1.165, 1.54) is 0 Å². The fourth-order valence-corrected chi connectivity index (χ4v) is 0.874. The molecule has 0 atom stereocenters. The summed E-state index contributed by atoms with van der Waals surface area (Å²) < 4.78 is 4.94. The maximum atomic E-state index is 5.52. The summed E-state index contributed by atoms with van der Waals surface area (Å²) in [6.07, 6.45) is 1.64. The lowest BCUT2D eigenvalue weighted by atomic mass is 10.5. The molecular weight excluding hydrogens is 168 g/mol. The number of methoxy groups -OCH3 is 1. The average Bonchev–Trinajstić information content (AvgIpc) is 2.14. The summed E-state index contributed by atoms with van der Waals surface area (Å²) in [5, 5.41) is 0. The van der Waals surface area contributed by atoms with Crippen LogP contribution in [0.2, 0.25) is 0 Å². The van der Waals surface area contributed by atoms with E-state index < -0.39 is 0 Å². The highest BCUT2D eigenvalue weighted by molar-refractivity contribution is 5.36. The van der Waals surface area contributed by atoms with Gasteiger partial charge in [-0.05, 0) is 6.07 Å². The highest BCUT2D eigenvalue weighted by Crippen LogP contribution is 2.05. The van der Waals surface area contributed by atoms with Gasteiger partial charge in [-0.15, -0.1) is 0 Å². The summed E-state index contributed by atoms with van der Waals surface area (Å²) in [7, 11) is 3.56. The van der Waals surface area contributed by atoms with E-state index >= 15 is 0 Å². The number of nitrogens with zero attached hydrogens (tertiary/aromatic N) is 3. The molecule has 0 aliphatic carbocycles. The normalized spacial score (nSPS) is 10.0. The van der Waals surface area contributed by atoms with Crippen LogP contribution in [0.3, 0.4) is 0 Å². The summed E-state index contributed by atoms with van der Waals surface area (Å²) in [5.74, 6) is 1.10. The van der Waals surface area contributed by atoms with E-state index in [-0.39, 0.29) is 0 Å². The van der Waals surface area contributed by atoms with Crippen LogP contribution in [0, 0.1) is 0 Å². The van der Waals surface area contributed by atoms with Gasteiger partial charge >= 0.3 is 0 Å². The Balaban J connectivity index is 2.60. The van der Waals surface area contributed by atoms with Crippen molar-refractivity contribution in [2.24, 2.45) is 0 Å². The third-order valence-corrected chi connectivity index (χ3v) is 1.64. The topological polar surface area (TPSA) is 64.3 Å². The van der Waals surface area contributed by atoms with Gasteiger partial charge in [0, 0.05) is 26.9 Å². The van der Waals surface area contributed by atoms with Gasteiger partial charge in [0.05, 0.1) is 6.61 Å². The Morgan fingerprint density at radius 1 is 1.62 bits per heavy atom. The minimum atomic E-state index is 0.481. The molecule has 0 aliphatic heterocycles. The molecule has 5 heteroatoms. The number of aromatic nitrogens is 2. The van der Waals surface area contributed by atoms with Crippen molar-refractivity contribution in [2.45, 2.75) is 0 Å². The lowest BCUT2D eigenvalue weighted by Crippen LogP contribution is -2.24. The molecule has 2 N–H and O–H groups in total. The second kappa shape index (κ2) is 4.61. The first kappa shape index (κ1) is 9.73. The summed E-state index contributed by atoms with van der Waals surface area (Å²) >= 11 is 0. The third kappa shape index (κ3) is 2.87. The lowest BCUT2D eigenvalue weighted by molar-refractivity contribution is 0.206. The largest absolute Gasteiger partial charge is 0.384 e. The minimum Gasteiger partial charge on any atom is -0.384 e. The SMILES string of the molecule is COCCN(C)c1nccc(N)n1. The van der Waals surface area contributed by atoms with Crippen LogP contribution in [0.1, 0.15) is 0 Å². The summed E-state index contributed by atoms with van der Waals surface area (Å²) in [5.41, 5.74) is 5.52. The molecule has 0 fully saturated rings. The highest BCUT2D eigenvalue weighted by atomic mass is 16.5. The number of likely N-dealkylation sites (N-methyl/N-ethyl adjacent to an activating group) is 1. The zero-order chi connectivity index (χ0) is 9.68. The van der Waals surface area contributed by atoms with Crippen molar-refractivity contribution in [2.75, 3.05) is 37.9 Å². The first-order valence-electron chi connectivity index (χ1n) is 4.02. The Kier molecular flexibility index (Phi) is 3.45. The van der Waals surface area contributed by atoms with Crippen molar-refractivity contribution in [3.8, 4) is 0 Å². The molecule has 72 valence electrons. The van der Waals surface area contributed by atoms with E-state index in [1.54, 1.807) is 19.4 Å². The number of nitrogen functional groups attached to an aromatic ring is 1. The van der Waals surface area contributed by atoms with E-state index in [4.69, 9.17) is 10.5 Å². The molecule has 0 saturated heterocycles. The maximum absolute atomic E-state index is 5.52. The fraction of sp³-hybridized carbons (Fsp3) is 0.500. The van der Waals surface area contributed by atoms with Crippen LogP contribution in [0.4, 0.5) is 11.8 Å². The van der Waals surface area contributed by atoms with Crippen LogP contribution in [-0.2, 0) is 4.74 Å². The molecule has 1 aromatic rings. The Morgan fingerprint density at radius 3 is 3.00 bits per heavy atom. The predicted molar refractivity (Wildman–Crippen MR) is 51.6 cm³/mol. The van der Waals surface area contributed by atoms with Gasteiger partial charge in [0.15, 0.2) is 0 Å². The first-order chi connectivity index (χ1) is 6.24. The molecule has 0 aliphatic rings. The molecule has 0 aromatic carbocycles. The molecule has 0 saturated carbocycles. The molecule has 0 amide bonds. The van der Waals surface area contributed by atoms with Gasteiger partial charge in [0.2, 0.25) is 5.95 Å². The van der Waals surface area contributed by atoms with Crippen LogP contribution >= 0.6 is 0 Å². The third-order valence-electron chi connectivity index (χ3n) is 1.64. The van der Waals surface area contributed by atoms with Crippen molar-refractivity contribution in [1.29, 1.82) is 0 Å². The Bertz CT molecular complexity index is 266. The zero-order valence-corrected chi connectivity index (χ0v) is 7.90. The average molecular weight is 182 g/mol. The molecule has 0 radical (unpaired) electrons.